The van der Waals surface area contributed by atoms with Crippen LogP contribution < -0.4 is 4.90 Å². The molecule has 2 saturated heterocycles. The molecule has 1 spiro atoms. The van der Waals surface area contributed by atoms with Crippen LogP contribution in [0.3, 0.4) is 0 Å². The van der Waals surface area contributed by atoms with Gasteiger partial charge in [0.2, 0.25) is 5.91 Å². The Balaban J connectivity index is 1.51. The molecule has 0 N–H and O–H groups in total. The minimum Gasteiger partial charge on any atom is -0.308 e. The van der Waals surface area contributed by atoms with Crippen LogP contribution in [0.25, 0.3) is 0 Å². The molecule has 5 heteroatoms. The van der Waals surface area contributed by atoms with Crippen LogP contribution in [0, 0.1) is 0 Å². The smallest absolute Gasteiger partial charge is 0.241 e. The van der Waals surface area contributed by atoms with Gasteiger partial charge in [0.25, 0.3) is 0 Å². The predicted octanol–water partition coefficient (Wildman–Crippen LogP) is 2.00. The zero-order valence-electron chi connectivity index (χ0n) is 14.6. The highest BCUT2D eigenvalue weighted by atomic mass is 16.2. The molecular formula is C20H24N4O. The number of carbonyl (C=O) groups excluding carboxylic acids is 1. The summed E-state index contributed by atoms with van der Waals surface area (Å²) in [5.74, 6) is 0.155. The molecule has 2 fully saturated rings. The minimum atomic E-state index is 0.0263. The van der Waals surface area contributed by atoms with Gasteiger partial charge in [0.15, 0.2) is 0 Å². The fourth-order valence-corrected chi connectivity index (χ4v) is 4.07. The SMILES string of the molecule is CN1CC(=O)N(c2cccnc2)C[C@]12CCN(Cc1ccccc1)C2. The molecule has 2 aliphatic heterocycles. The number of aromatic nitrogens is 1. The number of anilines is 1. The molecule has 25 heavy (non-hydrogen) atoms. The number of piperazine rings is 1. The van der Waals surface area contributed by atoms with Crippen LogP contribution in [0.5, 0.6) is 0 Å². The Morgan fingerprint density at radius 1 is 1.12 bits per heavy atom. The number of carbonyl (C=O) groups is 1. The Bertz CT molecular complexity index is 736. The van der Waals surface area contributed by atoms with Crippen molar-refractivity contribution >= 4 is 11.6 Å². The normalized spacial score (nSPS) is 25.0. The molecule has 4 rings (SSSR count). The number of hydrogen-bond donors (Lipinski definition) is 0. The van der Waals surface area contributed by atoms with E-state index < -0.39 is 0 Å². The molecule has 0 unspecified atom stereocenters. The summed E-state index contributed by atoms with van der Waals surface area (Å²) in [7, 11) is 2.09. The number of pyridine rings is 1. The van der Waals surface area contributed by atoms with Gasteiger partial charge in [0.05, 0.1) is 24.0 Å². The molecule has 0 saturated carbocycles. The Hall–Kier alpha value is -2.24. The highest BCUT2D eigenvalue weighted by molar-refractivity contribution is 5.95. The summed E-state index contributed by atoms with van der Waals surface area (Å²) in [5, 5.41) is 0. The highest BCUT2D eigenvalue weighted by Gasteiger charge is 2.47. The van der Waals surface area contributed by atoms with E-state index in [1.54, 1.807) is 12.4 Å². The second kappa shape index (κ2) is 6.58. The van der Waals surface area contributed by atoms with E-state index in [2.05, 4.69) is 52.2 Å². The summed E-state index contributed by atoms with van der Waals surface area (Å²) in [6.45, 7) is 4.22. The molecule has 1 aromatic carbocycles. The first-order chi connectivity index (χ1) is 12.2. The van der Waals surface area contributed by atoms with Gasteiger partial charge in [-0.2, -0.15) is 0 Å². The molecule has 1 atom stereocenters. The van der Waals surface area contributed by atoms with E-state index in [0.717, 1.165) is 38.3 Å². The fraction of sp³-hybridized carbons (Fsp3) is 0.400. The molecule has 130 valence electrons. The maximum absolute atomic E-state index is 12.6. The zero-order chi connectivity index (χ0) is 17.3. The van der Waals surface area contributed by atoms with Gasteiger partial charge in [-0.3, -0.25) is 19.6 Å². The van der Waals surface area contributed by atoms with Crippen LogP contribution in [0.4, 0.5) is 5.69 Å². The quantitative estimate of drug-likeness (QED) is 0.860. The summed E-state index contributed by atoms with van der Waals surface area (Å²) >= 11 is 0. The van der Waals surface area contributed by atoms with Gasteiger partial charge < -0.3 is 4.90 Å². The third-order valence-corrected chi connectivity index (χ3v) is 5.55. The maximum atomic E-state index is 12.6. The van der Waals surface area contributed by atoms with Gasteiger partial charge in [-0.15, -0.1) is 0 Å². The lowest BCUT2D eigenvalue weighted by Crippen LogP contribution is -2.64. The third kappa shape index (κ3) is 3.17. The number of hydrogen-bond acceptors (Lipinski definition) is 4. The van der Waals surface area contributed by atoms with Gasteiger partial charge in [-0.05, 0) is 31.2 Å². The van der Waals surface area contributed by atoms with Gasteiger partial charge in [-0.1, -0.05) is 30.3 Å². The first-order valence-corrected chi connectivity index (χ1v) is 8.84. The van der Waals surface area contributed by atoms with E-state index >= 15 is 0 Å². The Labute approximate surface area is 148 Å². The number of nitrogens with zero attached hydrogens (tertiary/aromatic N) is 4. The summed E-state index contributed by atoms with van der Waals surface area (Å²) in [4.78, 5) is 23.4. The first-order valence-electron chi connectivity index (χ1n) is 8.84. The van der Waals surface area contributed by atoms with E-state index in [1.165, 1.54) is 5.56 Å². The van der Waals surface area contributed by atoms with Crippen molar-refractivity contribution in [3.05, 3.63) is 60.4 Å². The Morgan fingerprint density at radius 3 is 2.72 bits per heavy atom. The van der Waals surface area contributed by atoms with Crippen molar-refractivity contribution in [1.29, 1.82) is 0 Å². The maximum Gasteiger partial charge on any atom is 0.241 e. The van der Waals surface area contributed by atoms with E-state index in [9.17, 15) is 4.79 Å². The van der Waals surface area contributed by atoms with E-state index in [0.29, 0.717) is 6.54 Å². The molecule has 0 aliphatic carbocycles. The molecule has 0 radical (unpaired) electrons. The topological polar surface area (TPSA) is 39.7 Å². The van der Waals surface area contributed by atoms with Crippen molar-refractivity contribution in [3.8, 4) is 0 Å². The summed E-state index contributed by atoms with van der Waals surface area (Å²) in [5.41, 5.74) is 2.28. The van der Waals surface area contributed by atoms with Crippen LogP contribution in [-0.2, 0) is 11.3 Å². The van der Waals surface area contributed by atoms with E-state index in [-0.39, 0.29) is 11.4 Å². The van der Waals surface area contributed by atoms with Gasteiger partial charge in [0, 0.05) is 32.4 Å². The van der Waals surface area contributed by atoms with E-state index in [4.69, 9.17) is 0 Å². The third-order valence-electron chi connectivity index (χ3n) is 5.55. The number of rotatable bonds is 3. The van der Waals surface area contributed by atoms with Crippen LogP contribution in [0.15, 0.2) is 54.9 Å². The molecule has 2 aliphatic rings. The van der Waals surface area contributed by atoms with E-state index in [1.807, 2.05) is 17.0 Å². The second-order valence-corrected chi connectivity index (χ2v) is 7.22. The first kappa shape index (κ1) is 16.2. The standard InChI is InChI=1S/C20H24N4O/c1-22-14-19(25)24(18-8-5-10-21-12-18)16-20(22)9-11-23(15-20)13-17-6-3-2-4-7-17/h2-8,10,12H,9,11,13-16H2,1H3/t20-/m1/s1. The molecule has 2 aromatic rings. The molecule has 5 nitrogen and oxygen atoms in total. The van der Waals surface area contributed by atoms with Crippen LogP contribution >= 0.6 is 0 Å². The highest BCUT2D eigenvalue weighted by Crippen LogP contribution is 2.33. The van der Waals surface area contributed by atoms with Crippen molar-refractivity contribution in [2.75, 3.05) is 38.1 Å². The van der Waals surface area contributed by atoms with Crippen LogP contribution in [0.2, 0.25) is 0 Å². The van der Waals surface area contributed by atoms with Crippen molar-refractivity contribution in [1.82, 2.24) is 14.8 Å². The summed E-state index contributed by atoms with van der Waals surface area (Å²) in [6.07, 6.45) is 4.62. The van der Waals surface area contributed by atoms with Crippen molar-refractivity contribution < 1.29 is 4.79 Å². The summed E-state index contributed by atoms with van der Waals surface area (Å²) in [6, 6.07) is 14.5. The van der Waals surface area contributed by atoms with Gasteiger partial charge in [-0.25, -0.2) is 0 Å². The second-order valence-electron chi connectivity index (χ2n) is 7.22. The molecule has 0 bridgehead atoms. The summed E-state index contributed by atoms with van der Waals surface area (Å²) < 4.78 is 0. The molecular weight excluding hydrogens is 312 g/mol. The molecule has 1 amide bonds. The predicted molar refractivity (Wildman–Crippen MR) is 98.3 cm³/mol. The lowest BCUT2D eigenvalue weighted by molar-refractivity contribution is -0.123. The number of amides is 1. The molecule has 1 aromatic heterocycles. The van der Waals surface area contributed by atoms with Gasteiger partial charge in [0.1, 0.15) is 0 Å². The lowest BCUT2D eigenvalue weighted by Gasteiger charge is -2.46. The minimum absolute atomic E-state index is 0.0263. The zero-order valence-corrected chi connectivity index (χ0v) is 14.6. The van der Waals surface area contributed by atoms with Crippen molar-refractivity contribution in [3.63, 3.8) is 0 Å². The fourth-order valence-electron chi connectivity index (χ4n) is 4.07. The number of likely N-dealkylation sites (N-methyl/N-ethyl adjacent to an activating group) is 1. The Kier molecular flexibility index (Phi) is 4.27. The molecule has 3 heterocycles. The average Bonchev–Trinajstić information content (AvgIpc) is 3.04. The van der Waals surface area contributed by atoms with Crippen LogP contribution in [0.1, 0.15) is 12.0 Å². The largest absolute Gasteiger partial charge is 0.308 e. The number of benzene rings is 1. The number of likely N-dealkylation sites (tertiary alicyclic amines) is 1. The monoisotopic (exact) mass is 336 g/mol. The lowest BCUT2D eigenvalue weighted by atomic mass is 9.92. The Morgan fingerprint density at radius 2 is 1.96 bits per heavy atom. The van der Waals surface area contributed by atoms with Crippen molar-refractivity contribution in [2.24, 2.45) is 0 Å². The van der Waals surface area contributed by atoms with Crippen molar-refractivity contribution in [2.45, 2.75) is 18.5 Å². The van der Waals surface area contributed by atoms with Crippen LogP contribution in [-0.4, -0.2) is 59.5 Å². The average molecular weight is 336 g/mol. The van der Waals surface area contributed by atoms with Gasteiger partial charge >= 0.3 is 0 Å².